The molecule has 2 aromatic rings. The molecule has 0 spiro atoms. The molecule has 7 heteroatoms. The Hall–Kier alpha value is -2.41. The summed E-state index contributed by atoms with van der Waals surface area (Å²) in [6.45, 7) is 5.79. The Morgan fingerprint density at radius 2 is 2.26 bits per heavy atom. The lowest BCUT2D eigenvalue weighted by Crippen LogP contribution is -2.31. The third-order valence-electron chi connectivity index (χ3n) is 5.59. The lowest BCUT2D eigenvalue weighted by molar-refractivity contribution is 0.0785. The van der Waals surface area contributed by atoms with Crippen molar-refractivity contribution in [3.05, 3.63) is 40.6 Å². The van der Waals surface area contributed by atoms with E-state index in [9.17, 15) is 9.59 Å². The van der Waals surface area contributed by atoms with Crippen LogP contribution in [0.2, 0.25) is 0 Å². The van der Waals surface area contributed by atoms with Crippen molar-refractivity contribution < 1.29 is 18.7 Å². The first-order valence-corrected chi connectivity index (χ1v) is 9.67. The van der Waals surface area contributed by atoms with E-state index in [2.05, 4.69) is 10.4 Å². The molecule has 2 aromatic heterocycles. The lowest BCUT2D eigenvalue weighted by Gasteiger charge is -2.19. The molecule has 0 aromatic carbocycles. The van der Waals surface area contributed by atoms with Gasteiger partial charge in [-0.2, -0.15) is 5.10 Å². The van der Waals surface area contributed by atoms with Gasteiger partial charge in [0.15, 0.2) is 11.5 Å². The maximum atomic E-state index is 12.7. The molecule has 0 unspecified atom stereocenters. The monoisotopic (exact) mass is 371 g/mol. The Morgan fingerprint density at radius 3 is 3.04 bits per heavy atom. The molecule has 144 valence electrons. The Kier molecular flexibility index (Phi) is 4.86. The van der Waals surface area contributed by atoms with E-state index < -0.39 is 0 Å². The van der Waals surface area contributed by atoms with Gasteiger partial charge in [0.05, 0.1) is 11.3 Å². The van der Waals surface area contributed by atoms with Crippen LogP contribution in [0.4, 0.5) is 0 Å². The van der Waals surface area contributed by atoms with Crippen molar-refractivity contribution in [3.63, 3.8) is 0 Å². The number of nitrogens with zero attached hydrogens (tertiary/aromatic N) is 2. The number of aromatic nitrogens is 2. The normalized spacial score (nSPS) is 22.1. The first-order valence-electron chi connectivity index (χ1n) is 9.67. The minimum absolute atomic E-state index is 0.0692. The van der Waals surface area contributed by atoms with E-state index in [1.165, 1.54) is 0 Å². The zero-order valence-electron chi connectivity index (χ0n) is 15.8. The molecule has 0 bridgehead atoms. The predicted molar refractivity (Wildman–Crippen MR) is 97.7 cm³/mol. The second-order valence-corrected chi connectivity index (χ2v) is 7.25. The second kappa shape index (κ2) is 7.31. The number of rotatable bonds is 5. The number of amides is 1. The Morgan fingerprint density at radius 1 is 1.41 bits per heavy atom. The number of ether oxygens (including phenoxy) is 1. The molecule has 1 fully saturated rings. The van der Waals surface area contributed by atoms with Crippen LogP contribution in [0.3, 0.4) is 0 Å². The molecule has 1 aliphatic carbocycles. The molecular weight excluding hydrogens is 346 g/mol. The van der Waals surface area contributed by atoms with E-state index in [1.807, 2.05) is 17.7 Å². The van der Waals surface area contributed by atoms with Crippen LogP contribution in [0.5, 0.6) is 0 Å². The van der Waals surface area contributed by atoms with Gasteiger partial charge in [-0.25, -0.2) is 0 Å². The van der Waals surface area contributed by atoms with Crippen LogP contribution in [0.1, 0.15) is 70.2 Å². The summed E-state index contributed by atoms with van der Waals surface area (Å²) in [6, 6.07) is 1.98. The van der Waals surface area contributed by atoms with Gasteiger partial charge in [-0.05, 0) is 32.8 Å². The summed E-state index contributed by atoms with van der Waals surface area (Å²) in [4.78, 5) is 24.8. The number of nitrogens with one attached hydrogen (secondary N) is 1. The van der Waals surface area contributed by atoms with Gasteiger partial charge in [0, 0.05) is 50.2 Å². The summed E-state index contributed by atoms with van der Waals surface area (Å²) in [6.07, 6.45) is 4.62. The summed E-state index contributed by atoms with van der Waals surface area (Å²) < 4.78 is 13.6. The molecule has 0 saturated carbocycles. The quantitative estimate of drug-likeness (QED) is 0.873. The first-order chi connectivity index (χ1) is 13.1. The molecule has 1 N–H and O–H groups in total. The van der Waals surface area contributed by atoms with Gasteiger partial charge in [-0.1, -0.05) is 0 Å². The number of ketones is 1. The summed E-state index contributed by atoms with van der Waals surface area (Å²) in [7, 11) is 0. The maximum absolute atomic E-state index is 12.7. The molecule has 1 saturated heterocycles. The lowest BCUT2D eigenvalue weighted by atomic mass is 9.94. The summed E-state index contributed by atoms with van der Waals surface area (Å²) >= 11 is 0. The zero-order chi connectivity index (χ0) is 19.0. The van der Waals surface area contributed by atoms with Crippen molar-refractivity contribution >= 4 is 11.7 Å². The molecule has 3 heterocycles. The Bertz CT molecular complexity index is 867. The second-order valence-electron chi connectivity index (χ2n) is 7.25. The third-order valence-corrected chi connectivity index (χ3v) is 5.59. The van der Waals surface area contributed by atoms with Crippen molar-refractivity contribution in [3.8, 4) is 0 Å². The van der Waals surface area contributed by atoms with E-state index >= 15 is 0 Å². The smallest absolute Gasteiger partial charge is 0.287 e. The van der Waals surface area contributed by atoms with Crippen LogP contribution >= 0.6 is 0 Å². The van der Waals surface area contributed by atoms with Gasteiger partial charge in [0.2, 0.25) is 0 Å². The number of fused-ring (bicyclic) bond motifs is 1. The highest BCUT2D eigenvalue weighted by Crippen LogP contribution is 2.34. The number of Topliss-reactive ketones (excluding diaryl/α,β-unsaturated/α-hetero) is 1. The van der Waals surface area contributed by atoms with Crippen molar-refractivity contribution in [2.75, 3.05) is 13.2 Å². The average molecular weight is 371 g/mol. The number of carbonyl (C=O) groups excluding carboxylic acids is 2. The number of carbonyl (C=O) groups is 2. The standard InChI is InChI=1S/C20H25N3O4/c1-3-23-14(7-9-22-23)19-13(8-10-26-19)11-21-20(25)18-12(2)17-15(24)5-4-6-16(17)27-18/h7,9,13,19H,3-6,8,10-11H2,1-2H3,(H,21,25)/t13-,19+/m0/s1. The van der Waals surface area contributed by atoms with Crippen LogP contribution in [0.15, 0.2) is 16.7 Å². The number of hydrogen-bond donors (Lipinski definition) is 1. The summed E-state index contributed by atoms with van der Waals surface area (Å²) in [5.74, 6) is 0.924. The minimum atomic E-state index is -0.260. The number of furan rings is 1. The van der Waals surface area contributed by atoms with E-state index in [-0.39, 0.29) is 29.5 Å². The Labute approximate surface area is 158 Å². The topological polar surface area (TPSA) is 86.4 Å². The zero-order valence-corrected chi connectivity index (χ0v) is 15.8. The van der Waals surface area contributed by atoms with Gasteiger partial charge in [0.25, 0.3) is 5.91 Å². The molecule has 2 aliphatic rings. The fourth-order valence-electron chi connectivity index (χ4n) is 4.19. The van der Waals surface area contributed by atoms with Gasteiger partial charge in [-0.15, -0.1) is 0 Å². The van der Waals surface area contributed by atoms with E-state index in [0.717, 1.165) is 31.5 Å². The van der Waals surface area contributed by atoms with Crippen LogP contribution in [-0.2, 0) is 17.7 Å². The third kappa shape index (κ3) is 3.20. The van der Waals surface area contributed by atoms with Crippen LogP contribution in [0.25, 0.3) is 0 Å². The number of aryl methyl sites for hydroxylation is 2. The number of hydrogen-bond acceptors (Lipinski definition) is 5. The maximum Gasteiger partial charge on any atom is 0.287 e. The molecule has 1 amide bonds. The highest BCUT2D eigenvalue weighted by Gasteiger charge is 2.33. The summed E-state index contributed by atoms with van der Waals surface area (Å²) in [5.41, 5.74) is 2.32. The van der Waals surface area contributed by atoms with E-state index in [0.29, 0.717) is 36.5 Å². The fraction of sp³-hybridized carbons (Fsp3) is 0.550. The largest absolute Gasteiger partial charge is 0.455 e. The highest BCUT2D eigenvalue weighted by molar-refractivity contribution is 6.03. The first kappa shape index (κ1) is 18.0. The van der Waals surface area contributed by atoms with E-state index in [1.54, 1.807) is 13.1 Å². The van der Waals surface area contributed by atoms with Crippen molar-refractivity contribution in [2.45, 2.75) is 52.2 Å². The predicted octanol–water partition coefficient (Wildman–Crippen LogP) is 2.83. The highest BCUT2D eigenvalue weighted by atomic mass is 16.5. The molecular formula is C20H25N3O4. The SMILES string of the molecule is CCn1nccc1[C@@H]1OCC[C@H]1CNC(=O)c1oc2c(c1C)C(=O)CCC2. The minimum Gasteiger partial charge on any atom is -0.455 e. The van der Waals surface area contributed by atoms with Gasteiger partial charge in [0.1, 0.15) is 11.9 Å². The fourth-order valence-corrected chi connectivity index (χ4v) is 4.19. The summed E-state index contributed by atoms with van der Waals surface area (Å²) in [5, 5.41) is 7.30. The van der Waals surface area contributed by atoms with Crippen molar-refractivity contribution in [1.82, 2.24) is 15.1 Å². The Balaban J connectivity index is 1.46. The molecule has 27 heavy (non-hydrogen) atoms. The van der Waals surface area contributed by atoms with Gasteiger partial charge >= 0.3 is 0 Å². The van der Waals surface area contributed by atoms with Crippen molar-refractivity contribution in [1.29, 1.82) is 0 Å². The van der Waals surface area contributed by atoms with Crippen LogP contribution in [-0.4, -0.2) is 34.6 Å². The van der Waals surface area contributed by atoms with Gasteiger partial charge in [-0.3, -0.25) is 14.3 Å². The van der Waals surface area contributed by atoms with Crippen LogP contribution < -0.4 is 5.32 Å². The molecule has 1 aliphatic heterocycles. The average Bonchev–Trinajstić information content (AvgIpc) is 3.38. The molecule has 7 nitrogen and oxygen atoms in total. The van der Waals surface area contributed by atoms with Gasteiger partial charge < -0.3 is 14.5 Å². The molecule has 4 rings (SSSR count). The van der Waals surface area contributed by atoms with Crippen LogP contribution in [0, 0.1) is 12.8 Å². The van der Waals surface area contributed by atoms with Crippen molar-refractivity contribution in [2.24, 2.45) is 5.92 Å². The molecule has 2 atom stereocenters. The van der Waals surface area contributed by atoms with E-state index in [4.69, 9.17) is 9.15 Å². The molecule has 0 radical (unpaired) electrons.